The van der Waals surface area contributed by atoms with E-state index in [9.17, 15) is 0 Å². The fourth-order valence-corrected chi connectivity index (χ4v) is 5.97. The number of rotatable bonds is 6. The Hall–Kier alpha value is -4.15. The van der Waals surface area contributed by atoms with E-state index in [4.69, 9.17) is 9.57 Å². The summed E-state index contributed by atoms with van der Waals surface area (Å²) in [6.45, 7) is 5.35. The highest BCUT2D eigenvalue weighted by atomic mass is 16.7. The van der Waals surface area contributed by atoms with Crippen LogP contribution in [0.2, 0.25) is 0 Å². The average molecular weight is 539 g/mol. The fraction of sp³-hybridized carbons (Fsp3) is 0.367. The molecule has 3 aliphatic heterocycles. The second-order valence-electron chi connectivity index (χ2n) is 10.7. The molecule has 0 radical (unpaired) electrons. The van der Waals surface area contributed by atoms with E-state index in [2.05, 4.69) is 73.8 Å². The number of aryl methyl sites for hydroxylation is 1. The number of hydroxylamine groups is 1. The van der Waals surface area contributed by atoms with Crippen molar-refractivity contribution in [1.82, 2.24) is 24.6 Å². The van der Waals surface area contributed by atoms with Crippen LogP contribution in [0.5, 0.6) is 5.75 Å². The molecule has 0 bridgehead atoms. The summed E-state index contributed by atoms with van der Waals surface area (Å²) in [5.41, 5.74) is 6.86. The van der Waals surface area contributed by atoms with Gasteiger partial charge in [-0.25, -0.2) is 15.0 Å². The molecule has 2 aromatic carbocycles. The Morgan fingerprint density at radius 1 is 0.975 bits per heavy atom. The molecule has 5 heterocycles. The Labute approximate surface area is 234 Å². The Kier molecular flexibility index (Phi) is 6.49. The van der Waals surface area contributed by atoms with E-state index in [-0.39, 0.29) is 6.04 Å². The van der Waals surface area contributed by atoms with Crippen LogP contribution in [0.3, 0.4) is 0 Å². The second-order valence-corrected chi connectivity index (χ2v) is 10.7. The minimum atomic E-state index is 0.108. The van der Waals surface area contributed by atoms with Crippen LogP contribution in [-0.4, -0.2) is 71.1 Å². The first-order valence-corrected chi connectivity index (χ1v) is 14.0. The number of hydrogen-bond acceptors (Lipinski definition) is 9. The molecule has 2 fully saturated rings. The lowest BCUT2D eigenvalue weighted by molar-refractivity contribution is 0.157. The molecule has 0 amide bonds. The highest BCUT2D eigenvalue weighted by Crippen LogP contribution is 2.47. The van der Waals surface area contributed by atoms with Crippen molar-refractivity contribution in [1.29, 1.82) is 0 Å². The van der Waals surface area contributed by atoms with Gasteiger partial charge in [0, 0.05) is 75.0 Å². The minimum absolute atomic E-state index is 0.108. The predicted molar refractivity (Wildman–Crippen MR) is 155 cm³/mol. The predicted octanol–water partition coefficient (Wildman–Crippen LogP) is 4.19. The van der Waals surface area contributed by atoms with E-state index in [0.29, 0.717) is 19.0 Å². The molecule has 40 heavy (non-hydrogen) atoms. The number of hydrogen-bond donors (Lipinski definition) is 1. The van der Waals surface area contributed by atoms with Crippen LogP contribution in [-0.2, 0) is 18.3 Å². The molecule has 1 atom stereocenters. The molecule has 4 aromatic rings. The zero-order valence-electron chi connectivity index (χ0n) is 23.0. The number of piperazine rings is 1. The van der Waals surface area contributed by atoms with E-state index in [1.54, 1.807) is 6.33 Å². The lowest BCUT2D eigenvalue weighted by Crippen LogP contribution is -2.45. The summed E-state index contributed by atoms with van der Waals surface area (Å²) in [7, 11) is 4.14. The van der Waals surface area contributed by atoms with Crippen molar-refractivity contribution in [2.75, 3.05) is 61.7 Å². The van der Waals surface area contributed by atoms with Crippen molar-refractivity contribution in [2.45, 2.75) is 18.9 Å². The van der Waals surface area contributed by atoms with Crippen LogP contribution < -0.4 is 20.0 Å². The Morgan fingerprint density at radius 2 is 1.82 bits per heavy atom. The van der Waals surface area contributed by atoms with E-state index < -0.39 is 0 Å². The van der Waals surface area contributed by atoms with Gasteiger partial charge in [0.1, 0.15) is 17.9 Å². The van der Waals surface area contributed by atoms with Crippen molar-refractivity contribution in [2.24, 2.45) is 7.05 Å². The summed E-state index contributed by atoms with van der Waals surface area (Å²) >= 11 is 0. The quantitative estimate of drug-likeness (QED) is 0.389. The van der Waals surface area contributed by atoms with Gasteiger partial charge in [0.2, 0.25) is 0 Å². The number of nitrogens with one attached hydrogen (secondary N) is 1. The summed E-state index contributed by atoms with van der Waals surface area (Å²) in [5.74, 6) is 2.32. The molecule has 0 saturated carbocycles. The van der Waals surface area contributed by atoms with Gasteiger partial charge in [-0.3, -0.25) is 9.52 Å². The Bertz CT molecular complexity index is 1500. The summed E-state index contributed by atoms with van der Waals surface area (Å²) < 4.78 is 8.11. The lowest BCUT2D eigenvalue weighted by Gasteiger charge is -2.36. The highest BCUT2D eigenvalue weighted by molar-refractivity contribution is 5.89. The smallest absolute Gasteiger partial charge is 0.158 e. The van der Waals surface area contributed by atoms with E-state index in [0.717, 1.165) is 67.4 Å². The number of likely N-dealkylation sites (N-methyl/N-ethyl adjacent to an activating group) is 1. The highest BCUT2D eigenvalue weighted by Gasteiger charge is 2.31. The van der Waals surface area contributed by atoms with Crippen LogP contribution in [0.1, 0.15) is 23.6 Å². The number of aromatic nitrogens is 4. The van der Waals surface area contributed by atoms with Crippen molar-refractivity contribution in [3.05, 3.63) is 72.3 Å². The van der Waals surface area contributed by atoms with Gasteiger partial charge in [0.15, 0.2) is 5.82 Å². The van der Waals surface area contributed by atoms with Crippen LogP contribution in [0.25, 0.3) is 11.1 Å². The average Bonchev–Trinajstić information content (AvgIpc) is 3.75. The van der Waals surface area contributed by atoms with Gasteiger partial charge in [0.25, 0.3) is 0 Å². The number of fused-ring (bicyclic) bond motifs is 1. The second kappa shape index (κ2) is 10.4. The normalized spacial score (nSPS) is 19.1. The first-order valence-electron chi connectivity index (χ1n) is 14.0. The number of ether oxygens (including phenoxy) is 1. The maximum absolute atomic E-state index is 6.26. The van der Waals surface area contributed by atoms with Crippen LogP contribution in [0.4, 0.5) is 23.0 Å². The van der Waals surface area contributed by atoms with E-state index in [1.807, 2.05) is 35.1 Å². The Morgan fingerprint density at radius 3 is 2.62 bits per heavy atom. The number of anilines is 4. The molecular formula is C30H34N8O2. The molecule has 10 nitrogen and oxygen atoms in total. The monoisotopic (exact) mass is 538 g/mol. The van der Waals surface area contributed by atoms with Gasteiger partial charge in [-0.05, 0) is 18.7 Å². The molecule has 0 spiro atoms. The molecule has 0 unspecified atom stereocenters. The molecule has 7 rings (SSSR count). The van der Waals surface area contributed by atoms with E-state index in [1.165, 1.54) is 16.8 Å². The molecule has 10 heteroatoms. The van der Waals surface area contributed by atoms with Gasteiger partial charge < -0.3 is 19.9 Å². The van der Waals surface area contributed by atoms with Crippen molar-refractivity contribution in [3.8, 4) is 16.9 Å². The molecular weight excluding hydrogens is 504 g/mol. The third kappa shape index (κ3) is 4.63. The zero-order valence-corrected chi connectivity index (χ0v) is 23.0. The largest absolute Gasteiger partial charge is 0.491 e. The van der Waals surface area contributed by atoms with E-state index >= 15 is 0 Å². The summed E-state index contributed by atoms with van der Waals surface area (Å²) in [5, 5.41) is 9.95. The fourth-order valence-electron chi connectivity index (χ4n) is 5.97. The van der Waals surface area contributed by atoms with Gasteiger partial charge >= 0.3 is 0 Å². The van der Waals surface area contributed by atoms with Crippen LogP contribution in [0.15, 0.2) is 61.2 Å². The topological polar surface area (TPSA) is 83.8 Å². The molecule has 3 aliphatic rings. The van der Waals surface area contributed by atoms with Gasteiger partial charge in [0.05, 0.1) is 36.8 Å². The van der Waals surface area contributed by atoms with Gasteiger partial charge in [-0.1, -0.05) is 30.3 Å². The first kappa shape index (κ1) is 24.9. The third-order valence-corrected chi connectivity index (χ3v) is 8.01. The van der Waals surface area contributed by atoms with Crippen molar-refractivity contribution >= 4 is 23.0 Å². The van der Waals surface area contributed by atoms with Crippen LogP contribution in [0, 0.1) is 0 Å². The molecule has 206 valence electrons. The number of benzene rings is 2. The molecule has 0 aliphatic carbocycles. The lowest BCUT2D eigenvalue weighted by atomic mass is 9.97. The maximum Gasteiger partial charge on any atom is 0.158 e. The SMILES string of the molecule is CN1CCN(c2c(-c3cnn(C)c3)cc(Nc3cc(N4OCC[C@@H]4c4ccccc4)ncn3)c3c2CCO3)CC1. The Balaban J connectivity index is 1.25. The van der Waals surface area contributed by atoms with Crippen molar-refractivity contribution < 1.29 is 9.57 Å². The van der Waals surface area contributed by atoms with Gasteiger partial charge in [-0.15, -0.1) is 0 Å². The summed E-state index contributed by atoms with van der Waals surface area (Å²) in [6.07, 6.45) is 7.38. The zero-order chi connectivity index (χ0) is 27.1. The first-order chi connectivity index (χ1) is 19.6. The molecule has 2 saturated heterocycles. The minimum Gasteiger partial charge on any atom is -0.491 e. The number of nitrogens with zero attached hydrogens (tertiary/aromatic N) is 7. The van der Waals surface area contributed by atoms with Gasteiger partial charge in [-0.2, -0.15) is 5.10 Å². The maximum atomic E-state index is 6.26. The molecule has 2 aromatic heterocycles. The summed E-state index contributed by atoms with van der Waals surface area (Å²) in [4.78, 5) is 20.0. The van der Waals surface area contributed by atoms with Crippen LogP contribution >= 0.6 is 0 Å². The third-order valence-electron chi connectivity index (χ3n) is 8.01. The molecule has 1 N–H and O–H groups in total. The summed E-state index contributed by atoms with van der Waals surface area (Å²) in [6, 6.07) is 14.7. The van der Waals surface area contributed by atoms with Crippen molar-refractivity contribution in [3.63, 3.8) is 0 Å². The standard InChI is InChI=1S/C30H34N8O2/c1-35-10-12-37(13-11-35)29-23-8-14-39-30(23)25(16-24(29)22-18-33-36(2)19-22)34-27-17-28(32-20-31-27)38-26(9-15-40-38)21-6-4-3-5-7-21/h3-7,16-20,26H,8-15H2,1-2H3,(H,31,32,34)/t26-/m1/s1.